The molecule has 0 aromatic heterocycles. The van der Waals surface area contributed by atoms with Gasteiger partial charge in [-0.2, -0.15) is 0 Å². The molecule has 0 amide bonds. The van der Waals surface area contributed by atoms with E-state index in [1.165, 1.54) is 0 Å². The van der Waals surface area contributed by atoms with Crippen molar-refractivity contribution < 1.29 is 9.90 Å². The minimum atomic E-state index is -0.668. The number of hydrogen-bond acceptors (Lipinski definition) is 3. The fraction of sp³-hybridized carbons (Fsp3) is 0.933. The van der Waals surface area contributed by atoms with Gasteiger partial charge in [-0.05, 0) is 39.0 Å². The Balaban J connectivity index is 4.24. The van der Waals surface area contributed by atoms with E-state index in [4.69, 9.17) is 0 Å². The molecule has 1 N–H and O–H groups in total. The second-order valence-corrected chi connectivity index (χ2v) is 5.01. The molecule has 4 nitrogen and oxygen atoms in total. The summed E-state index contributed by atoms with van der Waals surface area (Å²) in [7, 11) is 0. The minimum Gasteiger partial charge on any atom is -0.480 e. The summed E-state index contributed by atoms with van der Waals surface area (Å²) in [5, 5.41) is 9.35. The Morgan fingerprint density at radius 1 is 1.00 bits per heavy atom. The number of carboxylic acid groups (broad SMARTS) is 1. The summed E-state index contributed by atoms with van der Waals surface area (Å²) in [6.45, 7) is 13.4. The third-order valence-electron chi connectivity index (χ3n) is 3.78. The van der Waals surface area contributed by atoms with Crippen LogP contribution in [0.25, 0.3) is 0 Å². The molecule has 0 aromatic rings. The van der Waals surface area contributed by atoms with Crippen LogP contribution in [0.15, 0.2) is 0 Å². The standard InChI is InChI=1S/C15H32N2O2/c1-5-9-11-14(15(18)19)17(8-4)13-10-12-16(6-2)7-3/h14H,5-13H2,1-4H3,(H,18,19). The molecule has 114 valence electrons. The second-order valence-electron chi connectivity index (χ2n) is 5.01. The zero-order valence-corrected chi connectivity index (χ0v) is 13.2. The van der Waals surface area contributed by atoms with Gasteiger partial charge < -0.3 is 10.0 Å². The Morgan fingerprint density at radius 3 is 2.05 bits per heavy atom. The maximum Gasteiger partial charge on any atom is 0.320 e. The lowest BCUT2D eigenvalue weighted by Gasteiger charge is -2.28. The molecule has 1 unspecified atom stereocenters. The lowest BCUT2D eigenvalue weighted by Crippen LogP contribution is -2.42. The predicted octanol–water partition coefficient (Wildman–Crippen LogP) is 2.68. The van der Waals surface area contributed by atoms with Gasteiger partial charge in [0.1, 0.15) is 6.04 Å². The molecule has 0 radical (unpaired) electrons. The average Bonchev–Trinajstić information content (AvgIpc) is 2.41. The first kappa shape index (κ1) is 18.4. The highest BCUT2D eigenvalue weighted by atomic mass is 16.4. The highest BCUT2D eigenvalue weighted by molar-refractivity contribution is 5.73. The molecule has 19 heavy (non-hydrogen) atoms. The molecule has 0 aliphatic carbocycles. The number of hydrogen-bond donors (Lipinski definition) is 1. The largest absolute Gasteiger partial charge is 0.480 e. The van der Waals surface area contributed by atoms with E-state index in [2.05, 4.69) is 37.5 Å². The highest BCUT2D eigenvalue weighted by Gasteiger charge is 2.23. The fourth-order valence-electron chi connectivity index (χ4n) is 2.43. The van der Waals surface area contributed by atoms with Crippen molar-refractivity contribution in [2.75, 3.05) is 32.7 Å². The number of aliphatic carboxylic acids is 1. The second kappa shape index (κ2) is 11.2. The van der Waals surface area contributed by atoms with E-state index in [0.29, 0.717) is 0 Å². The van der Waals surface area contributed by atoms with Crippen LogP contribution < -0.4 is 0 Å². The molecule has 1 atom stereocenters. The number of nitrogens with zero attached hydrogens (tertiary/aromatic N) is 2. The smallest absolute Gasteiger partial charge is 0.320 e. The van der Waals surface area contributed by atoms with Crippen molar-refractivity contribution in [3.63, 3.8) is 0 Å². The van der Waals surface area contributed by atoms with Gasteiger partial charge in [-0.25, -0.2) is 0 Å². The third-order valence-corrected chi connectivity index (χ3v) is 3.78. The van der Waals surface area contributed by atoms with Crippen LogP contribution in [-0.4, -0.2) is 59.6 Å². The van der Waals surface area contributed by atoms with E-state index in [-0.39, 0.29) is 6.04 Å². The maximum atomic E-state index is 11.4. The molecular formula is C15H32N2O2. The zero-order chi connectivity index (χ0) is 14.7. The van der Waals surface area contributed by atoms with Crippen molar-refractivity contribution in [1.82, 2.24) is 9.80 Å². The van der Waals surface area contributed by atoms with Gasteiger partial charge in [-0.15, -0.1) is 0 Å². The predicted molar refractivity (Wildman–Crippen MR) is 80.6 cm³/mol. The fourth-order valence-corrected chi connectivity index (χ4v) is 2.43. The normalized spacial score (nSPS) is 13.2. The van der Waals surface area contributed by atoms with Crippen LogP contribution in [0.4, 0.5) is 0 Å². The first-order valence-electron chi connectivity index (χ1n) is 7.79. The van der Waals surface area contributed by atoms with E-state index < -0.39 is 5.97 Å². The van der Waals surface area contributed by atoms with Crippen LogP contribution in [0, 0.1) is 0 Å². The van der Waals surface area contributed by atoms with Crippen LogP contribution >= 0.6 is 0 Å². The van der Waals surface area contributed by atoms with Crippen molar-refractivity contribution >= 4 is 5.97 Å². The molecule has 0 rings (SSSR count). The highest BCUT2D eigenvalue weighted by Crippen LogP contribution is 2.10. The number of carboxylic acids is 1. The Labute approximate surface area is 118 Å². The van der Waals surface area contributed by atoms with Crippen LogP contribution in [0.2, 0.25) is 0 Å². The van der Waals surface area contributed by atoms with Crippen LogP contribution in [0.3, 0.4) is 0 Å². The summed E-state index contributed by atoms with van der Waals surface area (Å²) < 4.78 is 0. The summed E-state index contributed by atoms with van der Waals surface area (Å²) in [6, 6.07) is -0.304. The number of carbonyl (C=O) groups is 1. The van der Waals surface area contributed by atoms with Gasteiger partial charge in [-0.3, -0.25) is 9.69 Å². The summed E-state index contributed by atoms with van der Waals surface area (Å²) in [5.74, 6) is -0.668. The molecule has 0 saturated heterocycles. The SMILES string of the molecule is CCCCC(C(=O)O)N(CC)CCCN(CC)CC. The molecule has 0 spiro atoms. The summed E-state index contributed by atoms with van der Waals surface area (Å²) in [5.41, 5.74) is 0. The molecule has 4 heteroatoms. The Morgan fingerprint density at radius 2 is 1.63 bits per heavy atom. The number of rotatable bonds is 12. The Kier molecular flexibility index (Phi) is 10.9. The zero-order valence-electron chi connectivity index (χ0n) is 13.2. The van der Waals surface area contributed by atoms with Gasteiger partial charge in [0.15, 0.2) is 0 Å². The number of likely N-dealkylation sites (N-methyl/N-ethyl adjacent to an activating group) is 1. The average molecular weight is 272 g/mol. The van der Waals surface area contributed by atoms with Gasteiger partial charge >= 0.3 is 5.97 Å². The monoisotopic (exact) mass is 272 g/mol. The molecule has 0 bridgehead atoms. The molecule has 0 fully saturated rings. The maximum absolute atomic E-state index is 11.4. The Hall–Kier alpha value is -0.610. The van der Waals surface area contributed by atoms with Crippen LogP contribution in [0.5, 0.6) is 0 Å². The summed E-state index contributed by atoms with van der Waals surface area (Å²) in [6.07, 6.45) is 3.86. The first-order valence-corrected chi connectivity index (χ1v) is 7.79. The van der Waals surface area contributed by atoms with E-state index in [1.807, 2.05) is 0 Å². The van der Waals surface area contributed by atoms with Crippen molar-refractivity contribution in [3.05, 3.63) is 0 Å². The molecule has 0 aliphatic heterocycles. The lowest BCUT2D eigenvalue weighted by atomic mass is 10.1. The molecule has 0 heterocycles. The van der Waals surface area contributed by atoms with E-state index in [1.54, 1.807) is 0 Å². The molecule has 0 aromatic carbocycles. The first-order chi connectivity index (χ1) is 9.10. The molecule has 0 saturated carbocycles. The van der Waals surface area contributed by atoms with Gasteiger partial charge in [0, 0.05) is 6.54 Å². The van der Waals surface area contributed by atoms with Crippen LogP contribution in [-0.2, 0) is 4.79 Å². The van der Waals surface area contributed by atoms with Gasteiger partial charge in [0.2, 0.25) is 0 Å². The molecular weight excluding hydrogens is 240 g/mol. The quantitative estimate of drug-likeness (QED) is 0.593. The third kappa shape index (κ3) is 7.53. The summed E-state index contributed by atoms with van der Waals surface area (Å²) in [4.78, 5) is 15.9. The van der Waals surface area contributed by atoms with E-state index in [0.717, 1.165) is 58.4 Å². The van der Waals surface area contributed by atoms with Crippen molar-refractivity contribution in [3.8, 4) is 0 Å². The summed E-state index contributed by atoms with van der Waals surface area (Å²) >= 11 is 0. The lowest BCUT2D eigenvalue weighted by molar-refractivity contribution is -0.143. The van der Waals surface area contributed by atoms with Crippen LogP contribution in [0.1, 0.15) is 53.4 Å². The van der Waals surface area contributed by atoms with Crippen molar-refractivity contribution in [2.45, 2.75) is 59.4 Å². The van der Waals surface area contributed by atoms with E-state index in [9.17, 15) is 9.90 Å². The van der Waals surface area contributed by atoms with E-state index >= 15 is 0 Å². The topological polar surface area (TPSA) is 43.8 Å². The minimum absolute atomic E-state index is 0.304. The van der Waals surface area contributed by atoms with Gasteiger partial charge in [0.05, 0.1) is 0 Å². The van der Waals surface area contributed by atoms with Crippen molar-refractivity contribution in [1.29, 1.82) is 0 Å². The Bertz CT molecular complexity index is 230. The van der Waals surface area contributed by atoms with Gasteiger partial charge in [-0.1, -0.05) is 40.5 Å². The van der Waals surface area contributed by atoms with Crippen molar-refractivity contribution in [2.24, 2.45) is 0 Å². The number of unbranched alkanes of at least 4 members (excludes halogenated alkanes) is 1. The molecule has 0 aliphatic rings. The van der Waals surface area contributed by atoms with Gasteiger partial charge in [0.25, 0.3) is 0 Å².